The number of nitrogens with zero attached hydrogens (tertiary/aromatic N) is 2. The fourth-order valence-electron chi connectivity index (χ4n) is 4.03. The highest BCUT2D eigenvalue weighted by Gasteiger charge is 2.07. The van der Waals surface area contributed by atoms with Gasteiger partial charge in [0.1, 0.15) is 5.75 Å². The number of ether oxygens (including phenoxy) is 1. The number of hydrogen-bond donors (Lipinski definition) is 2. The predicted octanol–water partition coefficient (Wildman–Crippen LogP) is 5.15. The van der Waals surface area contributed by atoms with Crippen LogP contribution in [0.25, 0.3) is 57.5 Å². The molecule has 0 unspecified atom stereocenters. The van der Waals surface area contributed by atoms with Gasteiger partial charge in [-0.15, -0.1) is 0 Å². The Hall–Kier alpha value is -3.85. The summed E-state index contributed by atoms with van der Waals surface area (Å²) in [7, 11) is 1.68. The van der Waals surface area contributed by atoms with Crippen molar-refractivity contribution in [3.05, 3.63) is 89.5 Å². The lowest BCUT2D eigenvalue weighted by Crippen LogP contribution is -1.82. The summed E-state index contributed by atoms with van der Waals surface area (Å²) in [5.74, 6) is 0.835. The number of aromatic amines is 2. The highest BCUT2D eigenvalue weighted by atomic mass is 27.0. The summed E-state index contributed by atoms with van der Waals surface area (Å²) < 4.78 is 5.32. The average molecular weight is 446 g/mol. The summed E-state index contributed by atoms with van der Waals surface area (Å²) in [5.41, 5.74) is 9.84. The van der Waals surface area contributed by atoms with E-state index in [1.807, 2.05) is 48.6 Å². The summed E-state index contributed by atoms with van der Waals surface area (Å²) in [6, 6.07) is 22.6. The van der Waals surface area contributed by atoms with Crippen molar-refractivity contribution in [1.82, 2.24) is 19.9 Å². The van der Waals surface area contributed by atoms with E-state index in [0.29, 0.717) is 0 Å². The Morgan fingerprint density at radius 2 is 1.15 bits per heavy atom. The van der Waals surface area contributed by atoms with E-state index in [2.05, 4.69) is 52.4 Å². The molecule has 0 saturated heterocycles. The van der Waals surface area contributed by atoms with E-state index in [-0.39, 0.29) is 17.4 Å². The smallest absolute Gasteiger partial charge is 0.187 e. The van der Waals surface area contributed by atoms with Crippen LogP contribution in [0.5, 0.6) is 5.75 Å². The minimum atomic E-state index is 0. The molecule has 0 atom stereocenters. The van der Waals surface area contributed by atoms with Gasteiger partial charge in [0.15, 0.2) is 17.4 Å². The van der Waals surface area contributed by atoms with Gasteiger partial charge in [0, 0.05) is 27.6 Å². The van der Waals surface area contributed by atoms with Gasteiger partial charge in [-0.2, -0.15) is 0 Å². The van der Waals surface area contributed by atoms with E-state index in [4.69, 9.17) is 14.7 Å². The molecule has 33 heavy (non-hydrogen) atoms. The molecule has 8 bridgehead atoms. The second kappa shape index (κ2) is 8.59. The third kappa shape index (κ3) is 4.27. The lowest BCUT2D eigenvalue weighted by molar-refractivity contribution is 0.415. The van der Waals surface area contributed by atoms with Crippen molar-refractivity contribution in [1.29, 1.82) is 0 Å². The number of aromatic nitrogens is 4. The van der Waals surface area contributed by atoms with Gasteiger partial charge in [-0.25, -0.2) is 9.97 Å². The normalized spacial score (nSPS) is 11.9. The highest BCUT2D eigenvalue weighted by molar-refractivity contribution is 5.88. The largest absolute Gasteiger partial charge is 0.497 e. The standard InChI is InChI=1S/C27H20N4O.Al.3H/c1-32-25-10-2-17(3-11-25)26-15-24-14-22-7-6-20(29-22)12-18-4-5-19(28-18)13-21-8-9-23(30-21)16-27(26)31-24;;;;/h2-16,28,31H,1H3;;;;. The van der Waals surface area contributed by atoms with Gasteiger partial charge in [-0.3, -0.25) is 0 Å². The second-order valence-corrected chi connectivity index (χ2v) is 7.82. The number of methoxy groups -OCH3 is 1. The zero-order chi connectivity index (χ0) is 21.5. The molecule has 0 radical (unpaired) electrons. The SMILES string of the molecule is COc1ccc(-c2cc3cc4nc(cc5ccc(cc6nc(cc2[nH]3)C=C6)[nH]5)C=C4)cc1.[AlH3]. The van der Waals surface area contributed by atoms with Crippen molar-refractivity contribution in [2.24, 2.45) is 0 Å². The van der Waals surface area contributed by atoms with Crippen LogP contribution < -0.4 is 4.74 Å². The number of fused-ring (bicyclic) bond motifs is 8. The van der Waals surface area contributed by atoms with Crippen molar-refractivity contribution in [3.8, 4) is 16.9 Å². The molecule has 0 amide bonds. The van der Waals surface area contributed by atoms with Crippen molar-refractivity contribution in [2.75, 3.05) is 7.11 Å². The molecule has 6 rings (SSSR count). The molecule has 0 aliphatic carbocycles. The Morgan fingerprint density at radius 3 is 1.73 bits per heavy atom. The summed E-state index contributed by atoms with van der Waals surface area (Å²) >= 11 is 0. The molecule has 5 nitrogen and oxygen atoms in total. The maximum Gasteiger partial charge on any atom is 0.187 e. The van der Waals surface area contributed by atoms with Gasteiger partial charge in [-0.05, 0) is 84.5 Å². The average Bonchev–Trinajstić information content (AvgIpc) is 3.59. The zero-order valence-electron chi connectivity index (χ0n) is 17.5. The van der Waals surface area contributed by atoms with Crippen molar-refractivity contribution >= 4 is 63.7 Å². The topological polar surface area (TPSA) is 66.6 Å². The fourth-order valence-corrected chi connectivity index (χ4v) is 4.03. The highest BCUT2D eigenvalue weighted by Crippen LogP contribution is 2.29. The third-order valence-electron chi connectivity index (χ3n) is 5.57. The molecular weight excluding hydrogens is 423 g/mol. The van der Waals surface area contributed by atoms with E-state index in [0.717, 1.165) is 61.7 Å². The molecule has 160 valence electrons. The first-order valence-corrected chi connectivity index (χ1v) is 10.4. The first kappa shape index (κ1) is 21.0. The molecule has 0 spiro atoms. The van der Waals surface area contributed by atoms with Gasteiger partial charge in [0.05, 0.1) is 29.9 Å². The van der Waals surface area contributed by atoms with Crippen LogP contribution in [0.1, 0.15) is 22.8 Å². The number of hydrogen-bond acceptors (Lipinski definition) is 3. The van der Waals surface area contributed by atoms with Gasteiger partial charge >= 0.3 is 0 Å². The summed E-state index contributed by atoms with van der Waals surface area (Å²) in [5, 5.41) is 0. The summed E-state index contributed by atoms with van der Waals surface area (Å²) in [6.07, 6.45) is 8.12. The molecule has 2 aliphatic heterocycles. The Bertz CT molecular complexity index is 1560. The Balaban J connectivity index is 0.00000228. The molecule has 6 heteroatoms. The van der Waals surface area contributed by atoms with Crippen LogP contribution in [-0.4, -0.2) is 44.4 Å². The molecule has 0 saturated carbocycles. The first-order valence-electron chi connectivity index (χ1n) is 10.4. The van der Waals surface area contributed by atoms with Crippen molar-refractivity contribution < 1.29 is 4.74 Å². The number of nitrogens with one attached hydrogen (secondary N) is 2. The Kier molecular flexibility index (Phi) is 5.47. The number of rotatable bonds is 2. The molecule has 0 fully saturated rings. The summed E-state index contributed by atoms with van der Waals surface area (Å²) in [6.45, 7) is 0. The van der Waals surface area contributed by atoms with Crippen molar-refractivity contribution in [2.45, 2.75) is 0 Å². The predicted molar refractivity (Wildman–Crippen MR) is 141 cm³/mol. The molecule has 2 aliphatic rings. The van der Waals surface area contributed by atoms with Crippen LogP contribution in [0.15, 0.2) is 66.7 Å². The Morgan fingerprint density at radius 1 is 0.606 bits per heavy atom. The van der Waals surface area contributed by atoms with Crippen molar-refractivity contribution in [3.63, 3.8) is 0 Å². The van der Waals surface area contributed by atoms with Gasteiger partial charge in [0.25, 0.3) is 0 Å². The van der Waals surface area contributed by atoms with Crippen LogP contribution in [0, 0.1) is 0 Å². The van der Waals surface area contributed by atoms with E-state index >= 15 is 0 Å². The minimum Gasteiger partial charge on any atom is -0.497 e. The van der Waals surface area contributed by atoms with Crippen LogP contribution in [0.3, 0.4) is 0 Å². The lowest BCUT2D eigenvalue weighted by atomic mass is 10.1. The molecule has 3 aromatic heterocycles. The lowest BCUT2D eigenvalue weighted by Gasteiger charge is -2.02. The maximum absolute atomic E-state index is 5.32. The molecule has 5 heterocycles. The molecule has 2 N–H and O–H groups in total. The van der Waals surface area contributed by atoms with Crippen LogP contribution >= 0.6 is 0 Å². The van der Waals surface area contributed by atoms with E-state index < -0.39 is 0 Å². The van der Waals surface area contributed by atoms with Gasteiger partial charge < -0.3 is 14.7 Å². The number of H-pyrrole nitrogens is 2. The monoisotopic (exact) mass is 446 g/mol. The molecule has 1 aromatic carbocycles. The quantitative estimate of drug-likeness (QED) is 0.362. The summed E-state index contributed by atoms with van der Waals surface area (Å²) in [4.78, 5) is 16.5. The third-order valence-corrected chi connectivity index (χ3v) is 5.57. The van der Waals surface area contributed by atoms with Crippen LogP contribution in [0.4, 0.5) is 0 Å². The zero-order valence-corrected chi connectivity index (χ0v) is 17.5. The Labute approximate surface area is 201 Å². The van der Waals surface area contributed by atoms with E-state index in [1.165, 1.54) is 0 Å². The molecule has 4 aromatic rings. The van der Waals surface area contributed by atoms with Gasteiger partial charge in [-0.1, -0.05) is 12.1 Å². The van der Waals surface area contributed by atoms with Gasteiger partial charge in [0.2, 0.25) is 0 Å². The van der Waals surface area contributed by atoms with E-state index in [1.54, 1.807) is 7.11 Å². The second-order valence-electron chi connectivity index (χ2n) is 7.82. The fraction of sp³-hybridized carbons (Fsp3) is 0.0370. The number of benzene rings is 1. The molecular formula is C27H23AlN4O. The van der Waals surface area contributed by atoms with Crippen LogP contribution in [0.2, 0.25) is 0 Å². The first-order chi connectivity index (χ1) is 15.7. The minimum absolute atomic E-state index is 0. The maximum atomic E-state index is 5.32. The van der Waals surface area contributed by atoms with E-state index in [9.17, 15) is 0 Å². The van der Waals surface area contributed by atoms with Crippen LogP contribution in [-0.2, 0) is 0 Å².